The van der Waals surface area contributed by atoms with Crippen LogP contribution in [0, 0.1) is 11.6 Å². The molecule has 1 aliphatic heterocycles. The van der Waals surface area contributed by atoms with Crippen LogP contribution in [-0.4, -0.2) is 29.7 Å². The molecule has 1 saturated heterocycles. The number of hydrogen-bond acceptors (Lipinski definition) is 3. The summed E-state index contributed by atoms with van der Waals surface area (Å²) < 4.78 is 31.7. The Balaban J connectivity index is 2.04. The molecule has 0 unspecified atom stereocenters. The number of benzene rings is 1. The molecular weight excluding hydrogens is 290 g/mol. The monoisotopic (exact) mass is 312 g/mol. The maximum atomic E-state index is 13.4. The minimum Gasteiger partial charge on any atom is -0.444 e. The lowest BCUT2D eigenvalue weighted by atomic mass is 9.82. The molecule has 0 atom stereocenters. The maximum Gasteiger partial charge on any atom is 0.410 e. The number of piperidine rings is 1. The molecule has 0 radical (unpaired) electrons. The molecule has 2 rings (SSSR count). The van der Waals surface area contributed by atoms with Crippen molar-refractivity contribution in [3.05, 3.63) is 35.4 Å². The van der Waals surface area contributed by atoms with Gasteiger partial charge in [-0.2, -0.15) is 0 Å². The van der Waals surface area contributed by atoms with Crippen LogP contribution in [0.5, 0.6) is 0 Å². The van der Waals surface area contributed by atoms with Crippen LogP contribution < -0.4 is 5.73 Å². The van der Waals surface area contributed by atoms with Crippen LogP contribution >= 0.6 is 0 Å². The summed E-state index contributed by atoms with van der Waals surface area (Å²) in [5, 5.41) is 0. The van der Waals surface area contributed by atoms with Crippen molar-refractivity contribution in [2.45, 2.75) is 44.8 Å². The minimum absolute atomic E-state index is 0.375. The fourth-order valence-corrected chi connectivity index (χ4v) is 2.51. The van der Waals surface area contributed by atoms with Gasteiger partial charge in [-0.15, -0.1) is 0 Å². The van der Waals surface area contributed by atoms with Gasteiger partial charge in [0.05, 0.1) is 0 Å². The van der Waals surface area contributed by atoms with Gasteiger partial charge < -0.3 is 15.4 Å². The van der Waals surface area contributed by atoms with Crippen molar-refractivity contribution in [2.75, 3.05) is 13.1 Å². The summed E-state index contributed by atoms with van der Waals surface area (Å²) in [7, 11) is 0. The summed E-state index contributed by atoms with van der Waals surface area (Å²) in [6.07, 6.45) is 0.564. The van der Waals surface area contributed by atoms with Gasteiger partial charge >= 0.3 is 6.09 Å². The highest BCUT2D eigenvalue weighted by Crippen LogP contribution is 2.31. The molecule has 1 aromatic carbocycles. The number of ether oxygens (including phenoxy) is 1. The highest BCUT2D eigenvalue weighted by molar-refractivity contribution is 5.68. The number of likely N-dealkylation sites (tertiary alicyclic amines) is 1. The maximum absolute atomic E-state index is 13.4. The van der Waals surface area contributed by atoms with Crippen LogP contribution in [0.15, 0.2) is 18.2 Å². The van der Waals surface area contributed by atoms with Crippen LogP contribution in [-0.2, 0) is 10.3 Å². The largest absolute Gasteiger partial charge is 0.444 e. The highest BCUT2D eigenvalue weighted by atomic mass is 19.2. The molecule has 1 fully saturated rings. The van der Waals surface area contributed by atoms with E-state index < -0.39 is 22.8 Å². The fourth-order valence-electron chi connectivity index (χ4n) is 2.51. The van der Waals surface area contributed by atoms with Crippen LogP contribution in [0.4, 0.5) is 13.6 Å². The summed E-state index contributed by atoms with van der Waals surface area (Å²) in [6.45, 7) is 6.27. The normalized spacial score (nSPS) is 18.2. The number of halogens is 2. The zero-order valence-corrected chi connectivity index (χ0v) is 13.2. The number of nitrogens with zero attached hydrogens (tertiary/aromatic N) is 1. The number of rotatable bonds is 1. The fraction of sp³-hybridized carbons (Fsp3) is 0.562. The van der Waals surface area contributed by atoms with E-state index in [4.69, 9.17) is 10.5 Å². The van der Waals surface area contributed by atoms with E-state index in [2.05, 4.69) is 0 Å². The molecule has 1 amide bonds. The Bertz CT molecular complexity index is 562. The summed E-state index contributed by atoms with van der Waals surface area (Å²) in [4.78, 5) is 13.6. The molecule has 0 aromatic heterocycles. The lowest BCUT2D eigenvalue weighted by Crippen LogP contribution is -2.50. The molecule has 6 heteroatoms. The third kappa shape index (κ3) is 3.74. The number of hydrogen-bond donors (Lipinski definition) is 1. The van der Waals surface area contributed by atoms with E-state index in [0.29, 0.717) is 31.5 Å². The van der Waals surface area contributed by atoms with Gasteiger partial charge in [-0.1, -0.05) is 6.07 Å². The average molecular weight is 312 g/mol. The van der Waals surface area contributed by atoms with Gasteiger partial charge in [-0.05, 0) is 51.3 Å². The number of carbonyl (C=O) groups excluding carboxylic acids is 1. The van der Waals surface area contributed by atoms with E-state index in [1.54, 1.807) is 4.90 Å². The highest BCUT2D eigenvalue weighted by Gasteiger charge is 2.35. The minimum atomic E-state index is -0.906. The van der Waals surface area contributed by atoms with E-state index in [1.807, 2.05) is 20.8 Å². The first-order valence-electron chi connectivity index (χ1n) is 7.33. The molecule has 22 heavy (non-hydrogen) atoms. The van der Waals surface area contributed by atoms with Crippen molar-refractivity contribution in [1.29, 1.82) is 0 Å². The lowest BCUT2D eigenvalue weighted by molar-refractivity contribution is 0.0166. The molecule has 0 spiro atoms. The second-order valence-corrected chi connectivity index (χ2v) is 6.75. The third-order valence-corrected chi connectivity index (χ3v) is 3.80. The Morgan fingerprint density at radius 1 is 1.23 bits per heavy atom. The van der Waals surface area contributed by atoms with Gasteiger partial charge in [0.15, 0.2) is 11.6 Å². The molecule has 4 nitrogen and oxygen atoms in total. The van der Waals surface area contributed by atoms with E-state index in [9.17, 15) is 13.6 Å². The van der Waals surface area contributed by atoms with E-state index >= 15 is 0 Å². The average Bonchev–Trinajstić information content (AvgIpc) is 2.40. The smallest absolute Gasteiger partial charge is 0.410 e. The molecule has 1 aromatic rings. The first kappa shape index (κ1) is 16.7. The molecule has 0 aliphatic carbocycles. The Labute approximate surface area is 129 Å². The van der Waals surface area contributed by atoms with Crippen LogP contribution in [0.2, 0.25) is 0 Å². The summed E-state index contributed by atoms with van der Waals surface area (Å²) in [6, 6.07) is 3.72. The summed E-state index contributed by atoms with van der Waals surface area (Å²) in [5.74, 6) is -1.80. The predicted octanol–water partition coefficient (Wildman–Crippen LogP) is 3.15. The van der Waals surface area contributed by atoms with Gasteiger partial charge in [0.1, 0.15) is 5.60 Å². The second-order valence-electron chi connectivity index (χ2n) is 6.75. The molecule has 0 bridgehead atoms. The number of carbonyl (C=O) groups is 1. The molecule has 1 aliphatic rings. The Morgan fingerprint density at radius 3 is 2.32 bits per heavy atom. The summed E-state index contributed by atoms with van der Waals surface area (Å²) >= 11 is 0. The zero-order valence-electron chi connectivity index (χ0n) is 13.2. The molecular formula is C16H22F2N2O2. The zero-order chi connectivity index (χ0) is 16.5. The molecule has 1 heterocycles. The number of amides is 1. The van der Waals surface area contributed by atoms with Gasteiger partial charge in [-0.25, -0.2) is 13.6 Å². The quantitative estimate of drug-likeness (QED) is 0.866. The molecule has 122 valence electrons. The molecule has 2 N–H and O–H groups in total. The van der Waals surface area contributed by atoms with Crippen molar-refractivity contribution >= 4 is 6.09 Å². The van der Waals surface area contributed by atoms with Crippen LogP contribution in [0.25, 0.3) is 0 Å². The van der Waals surface area contributed by atoms with Crippen molar-refractivity contribution in [1.82, 2.24) is 4.90 Å². The van der Waals surface area contributed by atoms with Crippen LogP contribution in [0.1, 0.15) is 39.2 Å². The SMILES string of the molecule is CC(C)(C)OC(=O)N1CCC(N)(c2ccc(F)c(F)c2)CC1. The van der Waals surface area contributed by atoms with Crippen molar-refractivity contribution in [3.8, 4) is 0 Å². The standard InChI is InChI=1S/C16H22F2N2O2/c1-15(2,3)22-14(21)20-8-6-16(19,7-9-20)11-4-5-12(17)13(18)10-11/h4-5,10H,6-9,19H2,1-3H3. The second kappa shape index (κ2) is 5.83. The van der Waals surface area contributed by atoms with Crippen molar-refractivity contribution < 1.29 is 18.3 Å². The predicted molar refractivity (Wildman–Crippen MR) is 79.3 cm³/mol. The van der Waals surface area contributed by atoms with E-state index in [0.717, 1.165) is 12.1 Å². The van der Waals surface area contributed by atoms with E-state index in [-0.39, 0.29) is 6.09 Å². The first-order valence-corrected chi connectivity index (χ1v) is 7.33. The first-order chi connectivity index (χ1) is 10.1. The topological polar surface area (TPSA) is 55.6 Å². The Morgan fingerprint density at radius 2 is 1.82 bits per heavy atom. The van der Waals surface area contributed by atoms with Gasteiger partial charge in [0, 0.05) is 18.6 Å². The van der Waals surface area contributed by atoms with Crippen molar-refractivity contribution in [3.63, 3.8) is 0 Å². The van der Waals surface area contributed by atoms with Gasteiger partial charge in [0.2, 0.25) is 0 Å². The third-order valence-electron chi connectivity index (χ3n) is 3.80. The number of nitrogens with two attached hydrogens (primary N) is 1. The summed E-state index contributed by atoms with van der Waals surface area (Å²) in [5.41, 5.74) is 5.57. The molecule has 0 saturated carbocycles. The Hall–Kier alpha value is -1.69. The van der Waals surface area contributed by atoms with E-state index in [1.165, 1.54) is 6.07 Å². The lowest BCUT2D eigenvalue weighted by Gasteiger charge is -2.39. The van der Waals surface area contributed by atoms with Gasteiger partial charge in [-0.3, -0.25) is 0 Å². The van der Waals surface area contributed by atoms with Crippen LogP contribution in [0.3, 0.4) is 0 Å². The van der Waals surface area contributed by atoms with Crippen molar-refractivity contribution in [2.24, 2.45) is 5.73 Å². The van der Waals surface area contributed by atoms with Gasteiger partial charge in [0.25, 0.3) is 0 Å². The Kier molecular flexibility index (Phi) is 4.42.